The van der Waals surface area contributed by atoms with Crippen LogP contribution in [0.4, 0.5) is 0 Å². The minimum atomic E-state index is -0.216. The molecular weight excluding hydrogens is 282 g/mol. The molecule has 0 saturated carbocycles. The van der Waals surface area contributed by atoms with Crippen molar-refractivity contribution >= 4 is 5.91 Å². The van der Waals surface area contributed by atoms with Crippen LogP contribution in [-0.4, -0.2) is 33.1 Å². The lowest BCUT2D eigenvalue weighted by molar-refractivity contribution is -0.124. The summed E-state index contributed by atoms with van der Waals surface area (Å²) in [5.74, 6) is 1.10. The molecule has 1 aromatic heterocycles. The molecule has 0 bridgehead atoms. The van der Waals surface area contributed by atoms with Gasteiger partial charge in [0.2, 0.25) is 5.91 Å². The second-order valence-electron chi connectivity index (χ2n) is 5.35. The third-order valence-electron chi connectivity index (χ3n) is 3.84. The van der Waals surface area contributed by atoms with E-state index in [4.69, 9.17) is 4.74 Å². The predicted octanol–water partition coefficient (Wildman–Crippen LogP) is 1.72. The number of hydrogen-bond donors (Lipinski definition) is 2. The minimum Gasteiger partial charge on any atom is -0.493 e. The number of fused-ring (bicyclic) bond motifs is 1. The van der Waals surface area contributed by atoms with Crippen molar-refractivity contribution < 1.29 is 9.53 Å². The molecule has 0 aliphatic carbocycles. The van der Waals surface area contributed by atoms with Crippen LogP contribution < -0.4 is 10.1 Å². The number of aromatic amines is 1. The van der Waals surface area contributed by atoms with E-state index < -0.39 is 0 Å². The number of rotatable bonds is 5. The van der Waals surface area contributed by atoms with Gasteiger partial charge < -0.3 is 10.1 Å². The number of ether oxygens (including phenoxy) is 1. The number of hydrogen-bond acceptors (Lipinski definition) is 5. The Morgan fingerprint density at radius 3 is 3.14 bits per heavy atom. The van der Waals surface area contributed by atoms with Crippen molar-refractivity contribution in [2.45, 2.75) is 38.1 Å². The lowest BCUT2D eigenvalue weighted by Gasteiger charge is -2.26. The topological polar surface area (TPSA) is 92.8 Å². The summed E-state index contributed by atoms with van der Waals surface area (Å²) in [6.07, 6.45) is 2.37. The molecule has 0 radical (unpaired) electrons. The third-order valence-corrected chi connectivity index (χ3v) is 3.84. The maximum atomic E-state index is 12.7. The molecule has 2 N–H and O–H groups in total. The van der Waals surface area contributed by atoms with Gasteiger partial charge in [-0.05, 0) is 18.9 Å². The molecular formula is C15H19N5O2. The summed E-state index contributed by atoms with van der Waals surface area (Å²) < 4.78 is 5.61. The van der Waals surface area contributed by atoms with Gasteiger partial charge in [-0.1, -0.05) is 36.8 Å². The van der Waals surface area contributed by atoms with E-state index in [0.717, 1.165) is 24.2 Å². The Morgan fingerprint density at radius 2 is 2.36 bits per heavy atom. The van der Waals surface area contributed by atoms with Crippen LogP contribution in [0.3, 0.4) is 0 Å². The zero-order chi connectivity index (χ0) is 15.4. The molecule has 2 atom stereocenters. The normalized spacial score (nSPS) is 18.1. The van der Waals surface area contributed by atoms with Crippen molar-refractivity contribution in [2.75, 3.05) is 6.61 Å². The van der Waals surface area contributed by atoms with Gasteiger partial charge in [0, 0.05) is 5.56 Å². The summed E-state index contributed by atoms with van der Waals surface area (Å²) in [6.45, 7) is 2.61. The number of carbonyl (C=O) groups is 1. The van der Waals surface area contributed by atoms with E-state index >= 15 is 0 Å². The fraction of sp³-hybridized carbons (Fsp3) is 0.467. The molecule has 1 amide bonds. The number of benzene rings is 1. The number of amides is 1. The highest BCUT2D eigenvalue weighted by Crippen LogP contribution is 2.33. The average molecular weight is 301 g/mol. The largest absolute Gasteiger partial charge is 0.493 e. The monoisotopic (exact) mass is 301 g/mol. The molecule has 0 unspecified atom stereocenters. The molecule has 2 aromatic rings. The van der Waals surface area contributed by atoms with E-state index in [1.54, 1.807) is 0 Å². The van der Waals surface area contributed by atoms with Gasteiger partial charge in [-0.15, -0.1) is 10.2 Å². The molecule has 0 saturated heterocycles. The van der Waals surface area contributed by atoms with E-state index in [1.165, 1.54) is 0 Å². The van der Waals surface area contributed by atoms with Crippen LogP contribution in [0.5, 0.6) is 5.75 Å². The van der Waals surface area contributed by atoms with Crippen LogP contribution in [-0.2, 0) is 4.79 Å². The van der Waals surface area contributed by atoms with Gasteiger partial charge in [-0.25, -0.2) is 0 Å². The Morgan fingerprint density at radius 1 is 1.50 bits per heavy atom. The molecule has 2 heterocycles. The van der Waals surface area contributed by atoms with Gasteiger partial charge in [0.15, 0.2) is 5.82 Å². The average Bonchev–Trinajstić information content (AvgIpc) is 3.08. The first kappa shape index (κ1) is 14.5. The standard InChI is InChI=1S/C15H19N5O2/c1-2-5-12(14-17-19-20-18-14)16-15(21)11-8-9-22-13-7-4-3-6-10(11)13/h3-4,6-7,11-12H,2,5,8-9H2,1H3,(H,16,21)(H,17,18,19,20)/t11-,12+/m1/s1. The van der Waals surface area contributed by atoms with E-state index in [0.29, 0.717) is 18.9 Å². The molecule has 1 aliphatic rings. The molecule has 7 nitrogen and oxygen atoms in total. The molecule has 1 aromatic carbocycles. The molecule has 22 heavy (non-hydrogen) atoms. The highest BCUT2D eigenvalue weighted by atomic mass is 16.5. The molecule has 1 aliphatic heterocycles. The van der Waals surface area contributed by atoms with Gasteiger partial charge in [-0.2, -0.15) is 5.21 Å². The number of aromatic nitrogens is 4. The summed E-state index contributed by atoms with van der Waals surface area (Å²) in [5, 5.41) is 17.0. The van der Waals surface area contributed by atoms with Crippen LogP contribution in [0.1, 0.15) is 49.5 Å². The van der Waals surface area contributed by atoms with Crippen LogP contribution in [0, 0.1) is 0 Å². The Hall–Kier alpha value is -2.44. The quantitative estimate of drug-likeness (QED) is 0.877. The summed E-state index contributed by atoms with van der Waals surface area (Å²) in [6, 6.07) is 7.47. The summed E-state index contributed by atoms with van der Waals surface area (Å²) in [7, 11) is 0. The second kappa shape index (κ2) is 6.55. The van der Waals surface area contributed by atoms with E-state index in [2.05, 4.69) is 32.9 Å². The van der Waals surface area contributed by atoms with Crippen LogP contribution in [0.15, 0.2) is 24.3 Å². The summed E-state index contributed by atoms with van der Waals surface area (Å²) >= 11 is 0. The first-order chi connectivity index (χ1) is 10.8. The van der Waals surface area contributed by atoms with Crippen molar-refractivity contribution in [2.24, 2.45) is 0 Å². The predicted molar refractivity (Wildman–Crippen MR) is 79.3 cm³/mol. The Labute approximate surface area is 128 Å². The van der Waals surface area contributed by atoms with Crippen molar-refractivity contribution in [3.63, 3.8) is 0 Å². The van der Waals surface area contributed by atoms with E-state index in [9.17, 15) is 4.79 Å². The highest BCUT2D eigenvalue weighted by Gasteiger charge is 2.29. The van der Waals surface area contributed by atoms with Gasteiger partial charge in [0.1, 0.15) is 5.75 Å². The first-order valence-electron chi connectivity index (χ1n) is 7.55. The van der Waals surface area contributed by atoms with Crippen molar-refractivity contribution in [3.8, 4) is 5.75 Å². The molecule has 7 heteroatoms. The number of nitrogens with one attached hydrogen (secondary N) is 2. The minimum absolute atomic E-state index is 0.0148. The smallest absolute Gasteiger partial charge is 0.228 e. The fourth-order valence-electron chi connectivity index (χ4n) is 2.76. The van der Waals surface area contributed by atoms with Gasteiger partial charge in [-0.3, -0.25) is 4.79 Å². The van der Waals surface area contributed by atoms with Crippen LogP contribution >= 0.6 is 0 Å². The number of H-pyrrole nitrogens is 1. The van der Waals surface area contributed by atoms with Crippen molar-refractivity contribution in [1.82, 2.24) is 25.9 Å². The second-order valence-corrected chi connectivity index (χ2v) is 5.35. The highest BCUT2D eigenvalue weighted by molar-refractivity contribution is 5.85. The van der Waals surface area contributed by atoms with Gasteiger partial charge in [0.25, 0.3) is 0 Å². The number of nitrogens with zero attached hydrogens (tertiary/aromatic N) is 3. The van der Waals surface area contributed by atoms with Crippen LogP contribution in [0.2, 0.25) is 0 Å². The zero-order valence-corrected chi connectivity index (χ0v) is 12.5. The number of carbonyl (C=O) groups excluding carboxylic acids is 1. The first-order valence-corrected chi connectivity index (χ1v) is 7.55. The number of para-hydroxylation sites is 1. The van der Waals surface area contributed by atoms with Gasteiger partial charge >= 0.3 is 0 Å². The van der Waals surface area contributed by atoms with Crippen LogP contribution in [0.25, 0.3) is 0 Å². The molecule has 3 rings (SSSR count). The zero-order valence-electron chi connectivity index (χ0n) is 12.5. The Balaban J connectivity index is 1.77. The lowest BCUT2D eigenvalue weighted by atomic mass is 9.92. The SMILES string of the molecule is CCC[C@H](NC(=O)[C@@H]1CCOc2ccccc21)c1nn[nH]n1. The van der Waals surface area contributed by atoms with E-state index in [1.807, 2.05) is 24.3 Å². The lowest BCUT2D eigenvalue weighted by Crippen LogP contribution is -2.35. The maximum absolute atomic E-state index is 12.7. The van der Waals surface area contributed by atoms with E-state index in [-0.39, 0.29) is 17.9 Å². The third kappa shape index (κ3) is 2.93. The Bertz CT molecular complexity index is 629. The van der Waals surface area contributed by atoms with Crippen molar-refractivity contribution in [1.29, 1.82) is 0 Å². The summed E-state index contributed by atoms with van der Waals surface area (Å²) in [5.41, 5.74) is 0.939. The molecule has 0 spiro atoms. The summed E-state index contributed by atoms with van der Waals surface area (Å²) in [4.78, 5) is 12.7. The van der Waals surface area contributed by atoms with Gasteiger partial charge in [0.05, 0.1) is 18.6 Å². The molecule has 0 fully saturated rings. The van der Waals surface area contributed by atoms with Crippen molar-refractivity contribution in [3.05, 3.63) is 35.7 Å². The molecule has 116 valence electrons. The fourth-order valence-corrected chi connectivity index (χ4v) is 2.76. The number of tetrazole rings is 1. The Kier molecular flexibility index (Phi) is 4.32. The maximum Gasteiger partial charge on any atom is 0.228 e.